The van der Waals surface area contributed by atoms with Crippen LogP contribution < -0.4 is 0 Å². The van der Waals surface area contributed by atoms with Crippen molar-refractivity contribution in [1.82, 2.24) is 0 Å². The average Bonchev–Trinajstić information content (AvgIpc) is 3.28. The van der Waals surface area contributed by atoms with Crippen molar-refractivity contribution in [2.24, 2.45) is 0 Å². The SMILES string of the molecule is CC/C=C\C/C=C\C/C=C\C/C=C\C/C=C\CCCCCCCCCC(=O)OCC(COC(=O)CCCCCCCC)OC(=O)CCCCCCC/C=C\C/C=C\CCCCCC. The van der Waals surface area contributed by atoms with Gasteiger partial charge in [-0.25, -0.2) is 0 Å². The van der Waals surface area contributed by atoms with Crippen molar-refractivity contribution < 1.29 is 28.6 Å². The standard InChI is InChI=1S/C57H96O6/c1-4-7-10-13-16-18-20-22-24-26-27-28-29-30-31-32-34-35-37-39-41-44-47-50-56(59)62-53-54(52-61-55(58)49-46-43-15-12-9-6-3)63-57(60)51-48-45-42-40-38-36-33-25-23-21-19-17-14-11-8-5-2/h7,10,16,18-19,21-22,24-25,27-28,30-31,33,54H,4-6,8-9,11-15,17,20,23,26,29,32,34-53H2,1-3H3/b10-7-,18-16-,21-19-,24-22-,28-27-,31-30-,33-25-. The first-order chi connectivity index (χ1) is 31.0. The zero-order valence-corrected chi connectivity index (χ0v) is 41.1. The van der Waals surface area contributed by atoms with Gasteiger partial charge in [0, 0.05) is 19.3 Å². The molecule has 0 saturated heterocycles. The maximum atomic E-state index is 12.7. The molecule has 0 amide bonds. The molecule has 360 valence electrons. The summed E-state index contributed by atoms with van der Waals surface area (Å²) in [7, 11) is 0. The van der Waals surface area contributed by atoms with Crippen molar-refractivity contribution in [2.45, 2.75) is 245 Å². The van der Waals surface area contributed by atoms with Crippen LogP contribution in [0.4, 0.5) is 0 Å². The van der Waals surface area contributed by atoms with Gasteiger partial charge in [-0.15, -0.1) is 0 Å². The summed E-state index contributed by atoms with van der Waals surface area (Å²) in [4.78, 5) is 37.8. The number of hydrogen-bond donors (Lipinski definition) is 0. The molecule has 0 bridgehead atoms. The van der Waals surface area contributed by atoms with Crippen LogP contribution in [-0.2, 0) is 28.6 Å². The first-order valence-corrected chi connectivity index (χ1v) is 26.1. The van der Waals surface area contributed by atoms with E-state index < -0.39 is 6.10 Å². The van der Waals surface area contributed by atoms with Crippen molar-refractivity contribution in [3.05, 3.63) is 85.1 Å². The van der Waals surface area contributed by atoms with E-state index in [0.717, 1.165) is 122 Å². The molecule has 0 aromatic rings. The van der Waals surface area contributed by atoms with Crippen molar-refractivity contribution in [3.8, 4) is 0 Å². The molecular formula is C57H96O6. The number of carbonyl (C=O) groups excluding carboxylic acids is 3. The van der Waals surface area contributed by atoms with Gasteiger partial charge < -0.3 is 14.2 Å². The first kappa shape index (κ1) is 59.6. The summed E-state index contributed by atoms with van der Waals surface area (Å²) < 4.78 is 16.7. The molecule has 0 heterocycles. The van der Waals surface area contributed by atoms with Crippen LogP contribution in [-0.4, -0.2) is 37.2 Å². The van der Waals surface area contributed by atoms with Crippen molar-refractivity contribution in [1.29, 1.82) is 0 Å². The molecule has 0 spiro atoms. The van der Waals surface area contributed by atoms with Gasteiger partial charge in [-0.05, 0) is 96.3 Å². The van der Waals surface area contributed by atoms with Crippen LogP contribution in [0.2, 0.25) is 0 Å². The monoisotopic (exact) mass is 877 g/mol. The zero-order valence-electron chi connectivity index (χ0n) is 41.1. The Morgan fingerprint density at radius 1 is 0.333 bits per heavy atom. The van der Waals surface area contributed by atoms with Crippen molar-refractivity contribution in [3.63, 3.8) is 0 Å². The molecule has 0 N–H and O–H groups in total. The third-order valence-electron chi connectivity index (χ3n) is 10.9. The largest absolute Gasteiger partial charge is 0.462 e. The minimum Gasteiger partial charge on any atom is -0.462 e. The van der Waals surface area contributed by atoms with E-state index in [4.69, 9.17) is 14.2 Å². The molecule has 0 aromatic heterocycles. The Labute approximate surface area is 388 Å². The Hall–Kier alpha value is -3.41. The summed E-state index contributed by atoms with van der Waals surface area (Å²) in [6, 6.07) is 0. The van der Waals surface area contributed by atoms with Crippen LogP contribution in [0.3, 0.4) is 0 Å². The summed E-state index contributed by atoms with van der Waals surface area (Å²) >= 11 is 0. The van der Waals surface area contributed by atoms with E-state index in [1.54, 1.807) is 0 Å². The lowest BCUT2D eigenvalue weighted by molar-refractivity contribution is -0.167. The highest BCUT2D eigenvalue weighted by Crippen LogP contribution is 2.13. The minimum atomic E-state index is -0.785. The van der Waals surface area contributed by atoms with Gasteiger partial charge in [0.25, 0.3) is 0 Å². The van der Waals surface area contributed by atoms with Gasteiger partial charge in [-0.1, -0.05) is 209 Å². The number of carbonyl (C=O) groups is 3. The number of ether oxygens (including phenoxy) is 3. The summed E-state index contributed by atoms with van der Waals surface area (Å²) in [5.74, 6) is -0.922. The topological polar surface area (TPSA) is 78.9 Å². The second-order valence-corrected chi connectivity index (χ2v) is 17.1. The molecule has 0 fully saturated rings. The molecule has 0 aliphatic rings. The van der Waals surface area contributed by atoms with Gasteiger partial charge in [-0.3, -0.25) is 14.4 Å². The number of hydrogen-bond acceptors (Lipinski definition) is 6. The summed E-state index contributed by atoms with van der Waals surface area (Å²) in [5, 5.41) is 0. The highest BCUT2D eigenvalue weighted by atomic mass is 16.6. The zero-order chi connectivity index (χ0) is 45.8. The van der Waals surface area contributed by atoms with E-state index in [9.17, 15) is 14.4 Å². The lowest BCUT2D eigenvalue weighted by atomic mass is 10.1. The fraction of sp³-hybridized carbons (Fsp3) is 0.702. The maximum absolute atomic E-state index is 12.7. The predicted octanol–water partition coefficient (Wildman–Crippen LogP) is 17.2. The Morgan fingerprint density at radius 3 is 0.984 bits per heavy atom. The van der Waals surface area contributed by atoms with Crippen LogP contribution in [0.15, 0.2) is 85.1 Å². The third kappa shape index (κ3) is 49.5. The Bertz CT molecular complexity index is 1240. The second-order valence-electron chi connectivity index (χ2n) is 17.1. The fourth-order valence-corrected chi connectivity index (χ4v) is 6.97. The highest BCUT2D eigenvalue weighted by Gasteiger charge is 2.19. The predicted molar refractivity (Wildman–Crippen MR) is 270 cm³/mol. The first-order valence-electron chi connectivity index (χ1n) is 26.1. The highest BCUT2D eigenvalue weighted by molar-refractivity contribution is 5.71. The number of esters is 3. The van der Waals surface area contributed by atoms with Gasteiger partial charge >= 0.3 is 17.9 Å². The number of unbranched alkanes of at least 4 members (excludes halogenated alkanes) is 21. The average molecular weight is 877 g/mol. The molecular weight excluding hydrogens is 781 g/mol. The molecule has 0 aromatic carbocycles. The lowest BCUT2D eigenvalue weighted by Crippen LogP contribution is -2.30. The molecule has 0 aliphatic carbocycles. The molecule has 0 radical (unpaired) electrons. The maximum Gasteiger partial charge on any atom is 0.306 e. The Balaban J connectivity index is 4.24. The van der Waals surface area contributed by atoms with E-state index in [2.05, 4.69) is 106 Å². The lowest BCUT2D eigenvalue weighted by Gasteiger charge is -2.18. The number of allylic oxidation sites excluding steroid dienone is 14. The van der Waals surface area contributed by atoms with E-state index in [1.165, 1.54) is 77.0 Å². The molecule has 0 rings (SSSR count). The van der Waals surface area contributed by atoms with E-state index in [1.807, 2.05) is 0 Å². The van der Waals surface area contributed by atoms with Crippen LogP contribution >= 0.6 is 0 Å². The Kier molecular flexibility index (Phi) is 48.5. The van der Waals surface area contributed by atoms with Crippen LogP contribution in [0.5, 0.6) is 0 Å². The van der Waals surface area contributed by atoms with Crippen LogP contribution in [0.1, 0.15) is 239 Å². The van der Waals surface area contributed by atoms with Gasteiger partial charge in [-0.2, -0.15) is 0 Å². The smallest absolute Gasteiger partial charge is 0.306 e. The van der Waals surface area contributed by atoms with Gasteiger partial charge in [0.15, 0.2) is 6.10 Å². The van der Waals surface area contributed by atoms with E-state index >= 15 is 0 Å². The summed E-state index contributed by atoms with van der Waals surface area (Å²) in [5.41, 5.74) is 0. The normalized spacial score (nSPS) is 12.7. The van der Waals surface area contributed by atoms with Crippen molar-refractivity contribution >= 4 is 17.9 Å². The van der Waals surface area contributed by atoms with Crippen molar-refractivity contribution in [2.75, 3.05) is 13.2 Å². The molecule has 6 heteroatoms. The van der Waals surface area contributed by atoms with Crippen LogP contribution in [0, 0.1) is 0 Å². The summed E-state index contributed by atoms with van der Waals surface area (Å²) in [6.45, 7) is 6.42. The van der Waals surface area contributed by atoms with Gasteiger partial charge in [0.1, 0.15) is 13.2 Å². The van der Waals surface area contributed by atoms with Gasteiger partial charge in [0.2, 0.25) is 0 Å². The Morgan fingerprint density at radius 2 is 0.619 bits per heavy atom. The molecule has 63 heavy (non-hydrogen) atoms. The van der Waals surface area contributed by atoms with Crippen LogP contribution in [0.25, 0.3) is 0 Å². The minimum absolute atomic E-state index is 0.0863. The summed E-state index contributed by atoms with van der Waals surface area (Å²) in [6.07, 6.45) is 65.9. The number of rotatable bonds is 46. The molecule has 1 unspecified atom stereocenters. The van der Waals surface area contributed by atoms with E-state index in [0.29, 0.717) is 19.3 Å². The second kappa shape index (κ2) is 51.2. The van der Waals surface area contributed by atoms with Gasteiger partial charge in [0.05, 0.1) is 0 Å². The van der Waals surface area contributed by atoms with E-state index in [-0.39, 0.29) is 31.1 Å². The third-order valence-corrected chi connectivity index (χ3v) is 10.9. The molecule has 0 aliphatic heterocycles. The fourth-order valence-electron chi connectivity index (χ4n) is 6.97. The molecule has 6 nitrogen and oxygen atoms in total. The quantitative estimate of drug-likeness (QED) is 0.0262. The molecule has 0 saturated carbocycles. The molecule has 1 atom stereocenters.